The van der Waals surface area contributed by atoms with Gasteiger partial charge in [-0.15, -0.1) is 0 Å². The second kappa shape index (κ2) is 4.98. The second-order valence-corrected chi connectivity index (χ2v) is 6.88. The summed E-state index contributed by atoms with van der Waals surface area (Å²) in [6, 6.07) is 10.6. The molecule has 0 N–H and O–H groups in total. The maximum atomic E-state index is 13.1. The lowest BCUT2D eigenvalue weighted by atomic mass is 9.74. The summed E-state index contributed by atoms with van der Waals surface area (Å²) in [5.41, 5.74) is 5.13. The Morgan fingerprint density at radius 2 is 1.81 bits per heavy atom. The van der Waals surface area contributed by atoms with E-state index < -0.39 is 0 Å². The Hall–Kier alpha value is -1.63. The average molecular weight is 280 g/mol. The van der Waals surface area contributed by atoms with Gasteiger partial charge in [0.2, 0.25) is 0 Å². The van der Waals surface area contributed by atoms with Crippen molar-refractivity contribution in [1.29, 1.82) is 0 Å². The lowest BCUT2D eigenvalue weighted by molar-refractivity contribution is -0.127. The van der Waals surface area contributed by atoms with Crippen LogP contribution in [0.4, 0.5) is 0 Å². The number of ketones is 1. The average Bonchev–Trinajstić information content (AvgIpc) is 2.63. The van der Waals surface area contributed by atoms with Crippen LogP contribution in [0, 0.1) is 11.3 Å². The van der Waals surface area contributed by atoms with Gasteiger partial charge in [-0.1, -0.05) is 53.1 Å². The predicted molar refractivity (Wildman–Crippen MR) is 87.2 cm³/mol. The summed E-state index contributed by atoms with van der Waals surface area (Å²) in [5, 5.41) is 0. The molecule has 1 fully saturated rings. The monoisotopic (exact) mass is 280 g/mol. The van der Waals surface area contributed by atoms with E-state index in [0.29, 0.717) is 5.78 Å². The summed E-state index contributed by atoms with van der Waals surface area (Å²) in [4.78, 5) is 13.1. The van der Waals surface area contributed by atoms with Crippen molar-refractivity contribution in [2.75, 3.05) is 0 Å². The number of hydrogen-bond donors (Lipinski definition) is 0. The van der Waals surface area contributed by atoms with E-state index in [-0.39, 0.29) is 17.3 Å². The molecule has 1 unspecified atom stereocenters. The van der Waals surface area contributed by atoms with Gasteiger partial charge in [-0.25, -0.2) is 0 Å². The van der Waals surface area contributed by atoms with Gasteiger partial charge in [-0.3, -0.25) is 4.79 Å². The van der Waals surface area contributed by atoms with Crippen LogP contribution >= 0.6 is 0 Å². The summed E-state index contributed by atoms with van der Waals surface area (Å²) in [6.45, 7) is 8.64. The third-order valence-corrected chi connectivity index (χ3v) is 5.60. The van der Waals surface area contributed by atoms with Crippen molar-refractivity contribution in [1.82, 2.24) is 0 Å². The molecule has 0 heterocycles. The lowest BCUT2D eigenvalue weighted by Gasteiger charge is -2.28. The van der Waals surface area contributed by atoms with Gasteiger partial charge in [0, 0.05) is 11.8 Å². The molecule has 21 heavy (non-hydrogen) atoms. The Bertz CT molecular complexity index is 635. The third-order valence-electron chi connectivity index (χ3n) is 5.60. The Kier molecular flexibility index (Phi) is 3.39. The van der Waals surface area contributed by atoms with Crippen molar-refractivity contribution in [3.63, 3.8) is 0 Å². The highest BCUT2D eigenvalue weighted by atomic mass is 16.1. The summed E-state index contributed by atoms with van der Waals surface area (Å²) in [6.07, 6.45) is 4.00. The molecule has 1 saturated carbocycles. The SMILES string of the molecule is C/C=C1/[C@@H](c2ccccc2)C2CC(C)=C(C)C[C@@]1(C)C2=O. The van der Waals surface area contributed by atoms with E-state index in [1.807, 2.05) is 6.07 Å². The number of carbonyl (C=O) groups excluding carboxylic acids is 1. The van der Waals surface area contributed by atoms with Crippen LogP contribution in [0.25, 0.3) is 0 Å². The molecule has 1 nitrogen and oxygen atoms in total. The van der Waals surface area contributed by atoms with Crippen LogP contribution in [-0.2, 0) is 4.79 Å². The van der Waals surface area contributed by atoms with Crippen LogP contribution in [0.15, 0.2) is 53.1 Å². The van der Waals surface area contributed by atoms with E-state index in [1.54, 1.807) is 0 Å². The lowest BCUT2D eigenvalue weighted by Crippen LogP contribution is -2.25. The first-order chi connectivity index (χ1) is 9.99. The van der Waals surface area contributed by atoms with Crippen molar-refractivity contribution < 1.29 is 4.79 Å². The quantitative estimate of drug-likeness (QED) is 0.658. The number of rotatable bonds is 1. The Morgan fingerprint density at radius 1 is 1.14 bits per heavy atom. The smallest absolute Gasteiger partial charge is 0.147 e. The van der Waals surface area contributed by atoms with Crippen molar-refractivity contribution in [2.24, 2.45) is 11.3 Å². The molecule has 3 rings (SSSR count). The van der Waals surface area contributed by atoms with Crippen LogP contribution in [0.3, 0.4) is 0 Å². The number of hydrogen-bond acceptors (Lipinski definition) is 1. The molecule has 0 aliphatic heterocycles. The number of Topliss-reactive ketones (excluding diaryl/α,β-unsaturated/α-hetero) is 1. The minimum atomic E-state index is -0.304. The second-order valence-electron chi connectivity index (χ2n) is 6.88. The number of allylic oxidation sites excluding steroid dienone is 4. The van der Waals surface area contributed by atoms with Crippen molar-refractivity contribution in [3.8, 4) is 0 Å². The van der Waals surface area contributed by atoms with E-state index in [0.717, 1.165) is 12.8 Å². The zero-order chi connectivity index (χ0) is 15.2. The molecule has 1 heteroatoms. The summed E-state index contributed by atoms with van der Waals surface area (Å²) < 4.78 is 0. The van der Waals surface area contributed by atoms with E-state index in [1.165, 1.54) is 22.3 Å². The highest BCUT2D eigenvalue weighted by Crippen LogP contribution is 2.58. The number of benzene rings is 1. The van der Waals surface area contributed by atoms with Crippen LogP contribution in [0.5, 0.6) is 0 Å². The van der Waals surface area contributed by atoms with E-state index in [9.17, 15) is 4.79 Å². The fourth-order valence-electron chi connectivity index (χ4n) is 4.42. The van der Waals surface area contributed by atoms with Gasteiger partial charge in [0.25, 0.3) is 0 Å². The van der Waals surface area contributed by atoms with E-state index in [2.05, 4.69) is 58.0 Å². The fraction of sp³-hybridized carbons (Fsp3) is 0.450. The number of fused-ring (bicyclic) bond motifs is 2. The molecule has 0 amide bonds. The number of carbonyl (C=O) groups is 1. The van der Waals surface area contributed by atoms with Gasteiger partial charge in [0.1, 0.15) is 5.78 Å². The van der Waals surface area contributed by atoms with Gasteiger partial charge < -0.3 is 0 Å². The summed E-state index contributed by atoms with van der Waals surface area (Å²) in [7, 11) is 0. The van der Waals surface area contributed by atoms with E-state index in [4.69, 9.17) is 0 Å². The largest absolute Gasteiger partial charge is 0.298 e. The zero-order valence-electron chi connectivity index (χ0n) is 13.4. The topological polar surface area (TPSA) is 17.1 Å². The molecule has 110 valence electrons. The van der Waals surface area contributed by atoms with Gasteiger partial charge in [0.05, 0.1) is 5.41 Å². The minimum absolute atomic E-state index is 0.112. The van der Waals surface area contributed by atoms with Crippen molar-refractivity contribution >= 4 is 5.78 Å². The Balaban J connectivity index is 2.18. The first-order valence-electron chi connectivity index (χ1n) is 7.90. The highest BCUT2D eigenvalue weighted by Gasteiger charge is 2.54. The molecule has 2 bridgehead atoms. The van der Waals surface area contributed by atoms with Crippen LogP contribution in [-0.4, -0.2) is 5.78 Å². The van der Waals surface area contributed by atoms with Gasteiger partial charge in [-0.05, 0) is 46.1 Å². The molecule has 1 aromatic rings. The molecule has 2 aliphatic carbocycles. The maximum absolute atomic E-state index is 13.1. The molecule has 0 radical (unpaired) electrons. The van der Waals surface area contributed by atoms with Crippen LogP contribution in [0.1, 0.15) is 52.0 Å². The maximum Gasteiger partial charge on any atom is 0.147 e. The molecule has 1 aromatic carbocycles. The predicted octanol–water partition coefficient (Wildman–Crippen LogP) is 5.05. The summed E-state index contributed by atoms with van der Waals surface area (Å²) in [5.74, 6) is 0.818. The standard InChI is InChI=1S/C20H24O/c1-5-17-18(15-9-7-6-8-10-15)16-11-13(2)14(3)12-20(17,4)19(16)21/h5-10,16,18H,11-12H2,1-4H3/b17-5-/t16?,18-,20+/m0/s1. The zero-order valence-corrected chi connectivity index (χ0v) is 13.4. The minimum Gasteiger partial charge on any atom is -0.298 e. The third kappa shape index (κ3) is 2.02. The first-order valence-corrected chi connectivity index (χ1v) is 7.90. The molecule has 0 saturated heterocycles. The van der Waals surface area contributed by atoms with Gasteiger partial charge >= 0.3 is 0 Å². The Labute approximate surface area is 127 Å². The Morgan fingerprint density at radius 3 is 2.43 bits per heavy atom. The first kappa shape index (κ1) is 14.3. The van der Waals surface area contributed by atoms with Crippen molar-refractivity contribution in [2.45, 2.75) is 46.5 Å². The molecule has 2 aliphatic rings. The normalized spacial score (nSPS) is 34.5. The molecule has 0 spiro atoms. The summed E-state index contributed by atoms with van der Waals surface area (Å²) >= 11 is 0. The molecule has 0 aromatic heterocycles. The van der Waals surface area contributed by atoms with Gasteiger partial charge in [0.15, 0.2) is 0 Å². The van der Waals surface area contributed by atoms with Gasteiger partial charge in [-0.2, -0.15) is 0 Å². The molecule has 3 atom stereocenters. The highest BCUT2D eigenvalue weighted by molar-refractivity contribution is 5.96. The fourth-order valence-corrected chi connectivity index (χ4v) is 4.42. The van der Waals surface area contributed by atoms with Crippen molar-refractivity contribution in [3.05, 3.63) is 58.7 Å². The van der Waals surface area contributed by atoms with Crippen LogP contribution < -0.4 is 0 Å². The molecular weight excluding hydrogens is 256 g/mol. The molecular formula is C20H24O. The van der Waals surface area contributed by atoms with E-state index >= 15 is 0 Å². The van der Waals surface area contributed by atoms with Crippen LogP contribution in [0.2, 0.25) is 0 Å².